The molecular weight excluding hydrogens is 208 g/mol. The van der Waals surface area contributed by atoms with Crippen molar-refractivity contribution in [1.29, 1.82) is 0 Å². The molecule has 0 spiro atoms. The van der Waals surface area contributed by atoms with Crippen molar-refractivity contribution in [3.63, 3.8) is 0 Å². The molecule has 1 rings (SSSR count). The van der Waals surface area contributed by atoms with E-state index in [4.69, 9.17) is 4.74 Å². The van der Waals surface area contributed by atoms with Gasteiger partial charge in [0.05, 0.1) is 0 Å². The van der Waals surface area contributed by atoms with E-state index < -0.39 is 0 Å². The largest absolute Gasteiger partial charge is 0.489 e. The highest BCUT2D eigenvalue weighted by Gasteiger charge is 2.12. The lowest BCUT2D eigenvalue weighted by molar-refractivity contribution is 0.350. The van der Waals surface area contributed by atoms with Crippen LogP contribution in [0.4, 0.5) is 0 Å². The van der Waals surface area contributed by atoms with Gasteiger partial charge in [0, 0.05) is 0 Å². The molecule has 1 aromatic carbocycles. The average molecular weight is 230 g/mol. The van der Waals surface area contributed by atoms with Gasteiger partial charge >= 0.3 is 0 Å². The Balaban J connectivity index is 2.57. The van der Waals surface area contributed by atoms with Crippen molar-refractivity contribution in [3.05, 3.63) is 54.6 Å². The van der Waals surface area contributed by atoms with Crippen LogP contribution >= 0.6 is 0 Å². The Bertz CT molecular complexity index is 379. The van der Waals surface area contributed by atoms with Crippen LogP contribution < -0.4 is 4.74 Å². The maximum atomic E-state index is 5.64. The fourth-order valence-electron chi connectivity index (χ4n) is 1.50. The quantitative estimate of drug-likeness (QED) is 0.677. The summed E-state index contributed by atoms with van der Waals surface area (Å²) in [7, 11) is 0. The van der Waals surface area contributed by atoms with Crippen LogP contribution in [0.5, 0.6) is 5.75 Å². The summed E-state index contributed by atoms with van der Waals surface area (Å²) in [5, 5.41) is 0. The van der Waals surface area contributed by atoms with Gasteiger partial charge in [-0.15, -0.1) is 6.58 Å². The highest BCUT2D eigenvalue weighted by atomic mass is 16.5. The Labute approximate surface area is 105 Å². The van der Waals surface area contributed by atoms with Crippen LogP contribution in [0.25, 0.3) is 0 Å². The zero-order chi connectivity index (χ0) is 12.9. The molecule has 0 amide bonds. The fraction of sp³-hybridized carbons (Fsp3) is 0.375. The van der Waals surface area contributed by atoms with Gasteiger partial charge in [-0.1, -0.05) is 45.6 Å². The number of hydrogen-bond acceptors (Lipinski definition) is 1. The summed E-state index contributed by atoms with van der Waals surface area (Å²) in [6, 6.07) is 8.26. The van der Waals surface area contributed by atoms with Gasteiger partial charge in [-0.2, -0.15) is 0 Å². The Kier molecular flexibility index (Phi) is 4.56. The molecule has 0 N–H and O–H groups in total. The van der Waals surface area contributed by atoms with E-state index >= 15 is 0 Å². The minimum atomic E-state index is 0.185. The maximum absolute atomic E-state index is 5.64. The molecule has 0 fully saturated rings. The molecular formula is C16H22O. The molecule has 0 aromatic heterocycles. The van der Waals surface area contributed by atoms with E-state index in [2.05, 4.69) is 46.1 Å². The third kappa shape index (κ3) is 4.48. The van der Waals surface area contributed by atoms with Crippen molar-refractivity contribution >= 4 is 0 Å². The van der Waals surface area contributed by atoms with E-state index in [1.807, 2.05) is 18.2 Å². The fourth-order valence-corrected chi connectivity index (χ4v) is 1.50. The van der Waals surface area contributed by atoms with Crippen LogP contribution in [0.2, 0.25) is 0 Å². The molecule has 0 radical (unpaired) electrons. The van der Waals surface area contributed by atoms with E-state index in [0.717, 1.165) is 17.7 Å². The van der Waals surface area contributed by atoms with Crippen molar-refractivity contribution in [2.75, 3.05) is 6.61 Å². The van der Waals surface area contributed by atoms with Gasteiger partial charge in [0.25, 0.3) is 0 Å². The molecule has 92 valence electrons. The van der Waals surface area contributed by atoms with E-state index in [0.29, 0.717) is 6.61 Å². The van der Waals surface area contributed by atoms with E-state index in [1.165, 1.54) is 5.56 Å². The maximum Gasteiger partial charge on any atom is 0.119 e. The summed E-state index contributed by atoms with van der Waals surface area (Å²) in [5.41, 5.74) is 2.54. The number of benzene rings is 1. The van der Waals surface area contributed by atoms with Crippen LogP contribution in [-0.4, -0.2) is 6.61 Å². The third-order valence-electron chi connectivity index (χ3n) is 2.60. The minimum Gasteiger partial charge on any atom is -0.489 e. The Morgan fingerprint density at radius 1 is 1.24 bits per heavy atom. The van der Waals surface area contributed by atoms with Crippen molar-refractivity contribution < 1.29 is 4.74 Å². The van der Waals surface area contributed by atoms with Gasteiger partial charge in [0.15, 0.2) is 0 Å². The Hall–Kier alpha value is -1.50. The Morgan fingerprint density at radius 2 is 1.82 bits per heavy atom. The summed E-state index contributed by atoms with van der Waals surface area (Å²) >= 11 is 0. The van der Waals surface area contributed by atoms with Gasteiger partial charge in [-0.05, 0) is 35.1 Å². The molecule has 1 heteroatoms. The van der Waals surface area contributed by atoms with Crippen molar-refractivity contribution in [2.24, 2.45) is 0 Å². The first-order chi connectivity index (χ1) is 7.93. The van der Waals surface area contributed by atoms with Crippen LogP contribution in [0.15, 0.2) is 49.1 Å². The normalized spacial score (nSPS) is 11.0. The molecule has 0 aliphatic rings. The summed E-state index contributed by atoms with van der Waals surface area (Å²) in [6.07, 6.45) is 2.65. The lowest BCUT2D eigenvalue weighted by atomic mass is 9.87. The molecule has 0 aliphatic carbocycles. The summed E-state index contributed by atoms with van der Waals surface area (Å²) in [5.74, 6) is 0.892. The van der Waals surface area contributed by atoms with Crippen molar-refractivity contribution in [3.8, 4) is 5.75 Å². The van der Waals surface area contributed by atoms with Gasteiger partial charge in [0.1, 0.15) is 12.4 Å². The van der Waals surface area contributed by atoms with Crippen LogP contribution in [0.1, 0.15) is 32.8 Å². The van der Waals surface area contributed by atoms with E-state index in [-0.39, 0.29) is 5.41 Å². The molecule has 1 aromatic rings. The van der Waals surface area contributed by atoms with Crippen LogP contribution in [0.3, 0.4) is 0 Å². The predicted octanol–water partition coefficient (Wildman–Crippen LogP) is 4.50. The Morgan fingerprint density at radius 3 is 2.29 bits per heavy atom. The SMILES string of the molecule is C=CCC(=C)COc1ccc(C(C)(C)C)cc1. The monoisotopic (exact) mass is 230 g/mol. The molecule has 0 saturated carbocycles. The first-order valence-electron chi connectivity index (χ1n) is 5.94. The second-order valence-corrected chi connectivity index (χ2v) is 5.31. The summed E-state index contributed by atoms with van der Waals surface area (Å²) < 4.78 is 5.64. The molecule has 0 aliphatic heterocycles. The molecule has 0 heterocycles. The van der Waals surface area contributed by atoms with Gasteiger partial charge in [0.2, 0.25) is 0 Å². The van der Waals surface area contributed by atoms with Crippen molar-refractivity contribution in [2.45, 2.75) is 32.6 Å². The molecule has 0 unspecified atom stereocenters. The first kappa shape index (κ1) is 13.6. The standard InChI is InChI=1S/C16H22O/c1-6-7-13(2)12-17-15-10-8-14(9-11-15)16(3,4)5/h6,8-11H,1-2,7,12H2,3-5H3. The van der Waals surface area contributed by atoms with E-state index in [9.17, 15) is 0 Å². The predicted molar refractivity (Wildman–Crippen MR) is 74.6 cm³/mol. The molecule has 0 atom stereocenters. The highest BCUT2D eigenvalue weighted by molar-refractivity contribution is 5.31. The number of hydrogen-bond donors (Lipinski definition) is 0. The average Bonchev–Trinajstić information content (AvgIpc) is 2.26. The lowest BCUT2D eigenvalue weighted by Gasteiger charge is -2.19. The van der Waals surface area contributed by atoms with E-state index in [1.54, 1.807) is 0 Å². The molecule has 0 saturated heterocycles. The summed E-state index contributed by atoms with van der Waals surface area (Å²) in [6.45, 7) is 14.8. The van der Waals surface area contributed by atoms with Gasteiger partial charge < -0.3 is 4.74 Å². The molecule has 0 bridgehead atoms. The van der Waals surface area contributed by atoms with Crippen molar-refractivity contribution in [1.82, 2.24) is 0 Å². The first-order valence-corrected chi connectivity index (χ1v) is 5.94. The number of rotatable bonds is 5. The zero-order valence-corrected chi connectivity index (χ0v) is 11.1. The minimum absolute atomic E-state index is 0.185. The summed E-state index contributed by atoms with van der Waals surface area (Å²) in [4.78, 5) is 0. The third-order valence-corrected chi connectivity index (χ3v) is 2.60. The molecule has 17 heavy (non-hydrogen) atoms. The molecule has 1 nitrogen and oxygen atoms in total. The number of allylic oxidation sites excluding steroid dienone is 1. The smallest absolute Gasteiger partial charge is 0.119 e. The zero-order valence-electron chi connectivity index (χ0n) is 11.1. The van der Waals surface area contributed by atoms with Gasteiger partial charge in [-0.3, -0.25) is 0 Å². The van der Waals surface area contributed by atoms with Crippen LogP contribution in [0, 0.1) is 0 Å². The second kappa shape index (κ2) is 5.72. The second-order valence-electron chi connectivity index (χ2n) is 5.31. The topological polar surface area (TPSA) is 9.23 Å². The van der Waals surface area contributed by atoms with Crippen LogP contribution in [-0.2, 0) is 5.41 Å². The van der Waals surface area contributed by atoms with Gasteiger partial charge in [-0.25, -0.2) is 0 Å². The lowest BCUT2D eigenvalue weighted by Crippen LogP contribution is -2.10. The number of ether oxygens (including phenoxy) is 1. The highest BCUT2D eigenvalue weighted by Crippen LogP contribution is 2.24.